The first-order valence-corrected chi connectivity index (χ1v) is 10.6. The van der Waals surface area contributed by atoms with Gasteiger partial charge < -0.3 is 23.7 Å². The van der Waals surface area contributed by atoms with E-state index < -0.39 is 5.79 Å². The molecule has 2 aromatic carbocycles. The molecule has 0 bridgehead atoms. The van der Waals surface area contributed by atoms with Crippen molar-refractivity contribution in [2.24, 2.45) is 0 Å². The number of epoxide rings is 1. The molecule has 0 radical (unpaired) electrons. The lowest BCUT2D eigenvalue weighted by Gasteiger charge is -2.27. The molecule has 0 unspecified atom stereocenters. The third kappa shape index (κ3) is 4.97. The number of benzene rings is 2. The summed E-state index contributed by atoms with van der Waals surface area (Å²) in [5, 5.41) is 0. The molecule has 0 N–H and O–H groups in total. The van der Waals surface area contributed by atoms with Gasteiger partial charge in [0.25, 0.3) is 0 Å². The van der Waals surface area contributed by atoms with Crippen molar-refractivity contribution in [1.29, 1.82) is 0 Å². The molecule has 2 atom stereocenters. The number of rotatable bonds is 8. The van der Waals surface area contributed by atoms with Crippen molar-refractivity contribution >= 4 is 0 Å². The Morgan fingerprint density at radius 3 is 2.20 bits per heavy atom. The molecule has 162 valence electrons. The summed E-state index contributed by atoms with van der Waals surface area (Å²) in [6.07, 6.45) is 0.229. The zero-order valence-corrected chi connectivity index (χ0v) is 18.6. The summed E-state index contributed by atoms with van der Waals surface area (Å²) in [6.45, 7) is 12.9. The number of aryl methyl sites for hydroxylation is 1. The Labute approximate surface area is 179 Å². The molecule has 2 fully saturated rings. The summed E-state index contributed by atoms with van der Waals surface area (Å²) in [5.74, 6) is 1.24. The summed E-state index contributed by atoms with van der Waals surface area (Å²) in [7, 11) is 0. The predicted octanol–water partition coefficient (Wildman–Crippen LogP) is 4.63. The second-order valence-corrected chi connectivity index (χ2v) is 9.16. The van der Waals surface area contributed by atoms with Crippen molar-refractivity contribution < 1.29 is 23.7 Å². The molecule has 2 aliphatic heterocycles. The number of hydrogen-bond acceptors (Lipinski definition) is 5. The van der Waals surface area contributed by atoms with Crippen molar-refractivity contribution in [3.8, 4) is 11.5 Å². The first-order valence-electron chi connectivity index (χ1n) is 10.6. The van der Waals surface area contributed by atoms with Crippen LogP contribution in [0.1, 0.15) is 44.4 Å². The standard InChI is InChI=1S/C25H32O5/c1-17-12-19(8-11-23(17)28-14-21-13-27-21)24(2,3)18-6-9-20(10-7-18)26-15-22-16-29-25(4,5)30-22/h6-12,21-22H,13-16H2,1-5H3/t21-,22+/m1/s1. The van der Waals surface area contributed by atoms with Gasteiger partial charge in [-0.3, -0.25) is 0 Å². The zero-order chi connectivity index (χ0) is 21.4. The fraction of sp³-hybridized carbons (Fsp3) is 0.520. The van der Waals surface area contributed by atoms with E-state index in [-0.39, 0.29) is 17.6 Å². The van der Waals surface area contributed by atoms with E-state index in [4.69, 9.17) is 23.7 Å². The fourth-order valence-corrected chi connectivity index (χ4v) is 3.72. The molecule has 0 aromatic heterocycles. The third-order valence-corrected chi connectivity index (χ3v) is 5.80. The molecule has 2 saturated heterocycles. The molecule has 0 amide bonds. The van der Waals surface area contributed by atoms with E-state index in [9.17, 15) is 0 Å². The van der Waals surface area contributed by atoms with Crippen LogP contribution >= 0.6 is 0 Å². The Hall–Kier alpha value is -2.08. The van der Waals surface area contributed by atoms with E-state index in [1.807, 2.05) is 26.0 Å². The first kappa shape index (κ1) is 21.2. The lowest BCUT2D eigenvalue weighted by molar-refractivity contribution is -0.141. The van der Waals surface area contributed by atoms with Gasteiger partial charge in [-0.25, -0.2) is 0 Å². The molecule has 0 saturated carbocycles. The molecule has 5 heteroatoms. The Kier molecular flexibility index (Phi) is 5.80. The van der Waals surface area contributed by atoms with Gasteiger partial charge in [-0.2, -0.15) is 0 Å². The molecule has 2 aliphatic rings. The smallest absolute Gasteiger partial charge is 0.163 e. The Morgan fingerprint density at radius 1 is 0.933 bits per heavy atom. The highest BCUT2D eigenvalue weighted by molar-refractivity contribution is 5.45. The van der Waals surface area contributed by atoms with Crippen LogP contribution in [-0.4, -0.2) is 44.4 Å². The SMILES string of the molecule is Cc1cc(C(C)(C)c2ccc(OC[C@H]3COC(C)(C)O3)cc2)ccc1OC[C@H]1CO1. The minimum Gasteiger partial charge on any atom is -0.491 e. The maximum atomic E-state index is 5.91. The normalized spacial score (nSPS) is 22.7. The Balaban J connectivity index is 1.39. The van der Waals surface area contributed by atoms with Crippen LogP contribution < -0.4 is 9.47 Å². The molecular weight excluding hydrogens is 380 g/mol. The Morgan fingerprint density at radius 2 is 1.60 bits per heavy atom. The molecule has 2 heterocycles. The van der Waals surface area contributed by atoms with Crippen molar-refractivity contribution in [2.75, 3.05) is 26.4 Å². The largest absolute Gasteiger partial charge is 0.491 e. The zero-order valence-electron chi connectivity index (χ0n) is 18.6. The molecule has 0 spiro atoms. The van der Waals surface area contributed by atoms with Crippen molar-refractivity contribution in [3.05, 3.63) is 59.2 Å². The molecule has 30 heavy (non-hydrogen) atoms. The van der Waals surface area contributed by atoms with Gasteiger partial charge in [-0.15, -0.1) is 0 Å². The van der Waals surface area contributed by atoms with Crippen LogP contribution in [0.15, 0.2) is 42.5 Å². The van der Waals surface area contributed by atoms with Crippen molar-refractivity contribution in [2.45, 2.75) is 58.0 Å². The average molecular weight is 413 g/mol. The monoisotopic (exact) mass is 412 g/mol. The van der Waals surface area contributed by atoms with Gasteiger partial charge in [-0.1, -0.05) is 38.1 Å². The van der Waals surface area contributed by atoms with Crippen molar-refractivity contribution in [3.63, 3.8) is 0 Å². The second kappa shape index (κ2) is 8.22. The summed E-state index contributed by atoms with van der Waals surface area (Å²) in [4.78, 5) is 0. The lowest BCUT2D eigenvalue weighted by Crippen LogP contribution is -2.25. The molecule has 5 nitrogen and oxygen atoms in total. The fourth-order valence-electron chi connectivity index (χ4n) is 3.72. The maximum Gasteiger partial charge on any atom is 0.163 e. The molecule has 0 aliphatic carbocycles. The van der Waals surface area contributed by atoms with Crippen LogP contribution in [0.25, 0.3) is 0 Å². The van der Waals surface area contributed by atoms with Crippen molar-refractivity contribution in [1.82, 2.24) is 0 Å². The highest BCUT2D eigenvalue weighted by Crippen LogP contribution is 2.35. The van der Waals surface area contributed by atoms with Gasteiger partial charge in [0, 0.05) is 5.41 Å². The van der Waals surface area contributed by atoms with Gasteiger partial charge in [0.2, 0.25) is 0 Å². The summed E-state index contributed by atoms with van der Waals surface area (Å²) in [5.41, 5.74) is 3.50. The van der Waals surface area contributed by atoms with E-state index in [1.54, 1.807) is 0 Å². The van der Waals surface area contributed by atoms with E-state index in [0.717, 1.165) is 23.7 Å². The van der Waals surface area contributed by atoms with Gasteiger partial charge in [0.05, 0.1) is 13.2 Å². The van der Waals surface area contributed by atoms with Gasteiger partial charge in [0.1, 0.15) is 36.9 Å². The molecule has 2 aromatic rings. The summed E-state index contributed by atoms with van der Waals surface area (Å²) < 4.78 is 28.4. The van der Waals surface area contributed by atoms with E-state index in [1.165, 1.54) is 11.1 Å². The van der Waals surface area contributed by atoms with E-state index in [0.29, 0.717) is 19.8 Å². The van der Waals surface area contributed by atoms with Crippen LogP contribution in [0, 0.1) is 6.92 Å². The van der Waals surface area contributed by atoms with E-state index in [2.05, 4.69) is 51.1 Å². The minimum absolute atomic E-state index is 0.0358. The first-order chi connectivity index (χ1) is 14.2. The maximum absolute atomic E-state index is 5.91. The highest BCUT2D eigenvalue weighted by Gasteiger charge is 2.33. The predicted molar refractivity (Wildman–Crippen MR) is 115 cm³/mol. The topological polar surface area (TPSA) is 49.5 Å². The summed E-state index contributed by atoms with van der Waals surface area (Å²) in [6, 6.07) is 14.8. The van der Waals surface area contributed by atoms with Crippen LogP contribution in [0.5, 0.6) is 11.5 Å². The molecular formula is C25H32O5. The highest BCUT2D eigenvalue weighted by atomic mass is 16.7. The second-order valence-electron chi connectivity index (χ2n) is 9.16. The Bertz CT molecular complexity index is 868. The molecule has 4 rings (SSSR count). The number of hydrogen-bond donors (Lipinski definition) is 0. The third-order valence-electron chi connectivity index (χ3n) is 5.80. The lowest BCUT2D eigenvalue weighted by atomic mass is 9.77. The van der Waals surface area contributed by atoms with Gasteiger partial charge in [-0.05, 0) is 55.7 Å². The quantitative estimate of drug-likeness (QED) is 0.592. The van der Waals surface area contributed by atoms with E-state index >= 15 is 0 Å². The number of ether oxygens (including phenoxy) is 5. The van der Waals surface area contributed by atoms with Crippen LogP contribution in [0.4, 0.5) is 0 Å². The minimum atomic E-state index is -0.522. The van der Waals surface area contributed by atoms with Crippen LogP contribution in [0.3, 0.4) is 0 Å². The van der Waals surface area contributed by atoms with Crippen LogP contribution in [0.2, 0.25) is 0 Å². The van der Waals surface area contributed by atoms with Gasteiger partial charge in [0.15, 0.2) is 5.79 Å². The summed E-state index contributed by atoms with van der Waals surface area (Å²) >= 11 is 0. The van der Waals surface area contributed by atoms with Gasteiger partial charge >= 0.3 is 0 Å². The average Bonchev–Trinajstić information content (AvgIpc) is 3.47. The van der Waals surface area contributed by atoms with Crippen LogP contribution in [-0.2, 0) is 19.6 Å².